The van der Waals surface area contributed by atoms with Crippen molar-refractivity contribution in [1.29, 1.82) is 0 Å². The molecule has 1 amide bonds. The van der Waals surface area contributed by atoms with E-state index in [-0.39, 0.29) is 11.9 Å². The lowest BCUT2D eigenvalue weighted by molar-refractivity contribution is -0.121. The lowest BCUT2D eigenvalue weighted by atomic mass is 10.2. The van der Waals surface area contributed by atoms with Gasteiger partial charge in [-0.05, 0) is 12.7 Å². The molecule has 19 heavy (non-hydrogen) atoms. The highest BCUT2D eigenvalue weighted by molar-refractivity contribution is 8.00. The van der Waals surface area contributed by atoms with Crippen LogP contribution < -0.4 is 5.32 Å². The van der Waals surface area contributed by atoms with E-state index < -0.39 is 0 Å². The Morgan fingerprint density at radius 2 is 2.47 bits per heavy atom. The molecule has 0 aromatic carbocycles. The Kier molecular flexibility index (Phi) is 4.92. The molecule has 6 nitrogen and oxygen atoms in total. The van der Waals surface area contributed by atoms with Crippen molar-refractivity contribution in [3.8, 4) is 0 Å². The molecular weight excluding hydrogens is 282 g/mol. The summed E-state index contributed by atoms with van der Waals surface area (Å²) in [6.45, 7) is 3.94. The van der Waals surface area contributed by atoms with Gasteiger partial charge in [-0.15, -0.1) is 11.3 Å². The van der Waals surface area contributed by atoms with Crippen molar-refractivity contribution < 1.29 is 4.79 Å². The summed E-state index contributed by atoms with van der Waals surface area (Å²) in [5.41, 5.74) is 0.809. The Bertz CT molecular complexity index is 525. The van der Waals surface area contributed by atoms with Crippen molar-refractivity contribution in [1.82, 2.24) is 25.5 Å². The minimum atomic E-state index is -0.182. The Labute approximate surface area is 119 Å². The second kappa shape index (κ2) is 6.67. The van der Waals surface area contributed by atoms with E-state index in [1.54, 1.807) is 23.1 Å². The zero-order chi connectivity index (χ0) is 13.7. The van der Waals surface area contributed by atoms with Crippen LogP contribution in [0.3, 0.4) is 0 Å². The molecule has 0 aliphatic rings. The summed E-state index contributed by atoms with van der Waals surface area (Å²) >= 11 is 3.26. The van der Waals surface area contributed by atoms with Crippen molar-refractivity contribution in [2.75, 3.05) is 5.75 Å². The Morgan fingerprint density at radius 3 is 3.16 bits per heavy atom. The number of amides is 1. The number of carbonyl (C=O) groups is 1. The highest BCUT2D eigenvalue weighted by Gasteiger charge is 2.13. The van der Waals surface area contributed by atoms with Gasteiger partial charge in [-0.3, -0.25) is 9.89 Å². The number of nitrogens with one attached hydrogen (secondary N) is 2. The van der Waals surface area contributed by atoms with Gasteiger partial charge in [0.1, 0.15) is 16.5 Å². The molecule has 0 saturated carbocycles. The first-order chi connectivity index (χ1) is 9.19. The van der Waals surface area contributed by atoms with Crippen LogP contribution in [-0.2, 0) is 11.2 Å². The molecule has 2 aromatic heterocycles. The number of aromatic amines is 1. The molecule has 102 valence electrons. The molecule has 0 bridgehead atoms. The van der Waals surface area contributed by atoms with Crippen LogP contribution in [0.4, 0.5) is 0 Å². The van der Waals surface area contributed by atoms with E-state index >= 15 is 0 Å². The normalized spacial score (nSPS) is 12.3. The fraction of sp³-hybridized carbons (Fsp3) is 0.455. The first-order valence-electron chi connectivity index (χ1n) is 5.91. The zero-order valence-electron chi connectivity index (χ0n) is 10.7. The largest absolute Gasteiger partial charge is 0.346 e. The monoisotopic (exact) mass is 297 g/mol. The van der Waals surface area contributed by atoms with Crippen LogP contribution in [0, 0.1) is 0 Å². The van der Waals surface area contributed by atoms with Gasteiger partial charge >= 0.3 is 0 Å². The van der Waals surface area contributed by atoms with Gasteiger partial charge in [0.25, 0.3) is 0 Å². The molecule has 2 rings (SSSR count). The predicted octanol–water partition coefficient (Wildman–Crippen LogP) is 1.79. The summed E-state index contributed by atoms with van der Waals surface area (Å²) in [6.07, 6.45) is 1.71. The molecule has 0 saturated heterocycles. The number of thioether (sulfide) groups is 1. The van der Waals surface area contributed by atoms with Crippen molar-refractivity contribution >= 4 is 29.0 Å². The van der Waals surface area contributed by atoms with Crippen LogP contribution in [0.25, 0.3) is 0 Å². The Balaban J connectivity index is 1.86. The Morgan fingerprint density at radius 1 is 1.63 bits per heavy atom. The maximum absolute atomic E-state index is 11.9. The Hall–Kier alpha value is -1.41. The van der Waals surface area contributed by atoms with Gasteiger partial charge in [0.05, 0.1) is 18.2 Å². The molecule has 2 N–H and O–H groups in total. The van der Waals surface area contributed by atoms with Gasteiger partial charge in [0.2, 0.25) is 5.91 Å². The maximum atomic E-state index is 11.9. The summed E-state index contributed by atoms with van der Waals surface area (Å²) < 4.78 is 1.01. The van der Waals surface area contributed by atoms with Crippen molar-refractivity contribution in [2.24, 2.45) is 0 Å². The molecule has 0 spiro atoms. The summed E-state index contributed by atoms with van der Waals surface area (Å²) in [5.74, 6) is 1.57. The average Bonchev–Trinajstić information content (AvgIpc) is 3.00. The molecule has 0 fully saturated rings. The van der Waals surface area contributed by atoms with Gasteiger partial charge in [-0.1, -0.05) is 18.7 Å². The number of rotatable bonds is 6. The lowest BCUT2D eigenvalue weighted by Gasteiger charge is -2.09. The second-order valence-electron chi connectivity index (χ2n) is 3.87. The van der Waals surface area contributed by atoms with E-state index in [4.69, 9.17) is 0 Å². The summed E-state index contributed by atoms with van der Waals surface area (Å²) in [6, 6.07) is -0.182. The van der Waals surface area contributed by atoms with E-state index in [1.807, 2.05) is 12.3 Å². The third-order valence-corrected chi connectivity index (χ3v) is 4.31. The van der Waals surface area contributed by atoms with Crippen LogP contribution in [0.15, 0.2) is 16.0 Å². The molecule has 2 heterocycles. The number of aromatic nitrogens is 4. The third kappa shape index (κ3) is 4.03. The topological polar surface area (TPSA) is 83.6 Å². The lowest BCUT2D eigenvalue weighted by Crippen LogP contribution is -2.28. The van der Waals surface area contributed by atoms with Gasteiger partial charge in [0, 0.05) is 5.38 Å². The molecule has 1 unspecified atom stereocenters. The van der Waals surface area contributed by atoms with Crippen LogP contribution in [-0.4, -0.2) is 31.8 Å². The summed E-state index contributed by atoms with van der Waals surface area (Å²) in [5, 5.41) is 11.3. The van der Waals surface area contributed by atoms with E-state index in [0.717, 1.165) is 15.8 Å². The maximum Gasteiger partial charge on any atom is 0.226 e. The molecule has 0 radical (unpaired) electrons. The van der Waals surface area contributed by atoms with Crippen LogP contribution >= 0.6 is 23.1 Å². The minimum Gasteiger partial charge on any atom is -0.346 e. The first-order valence-corrected chi connectivity index (χ1v) is 7.77. The van der Waals surface area contributed by atoms with Crippen LogP contribution in [0.1, 0.15) is 31.4 Å². The van der Waals surface area contributed by atoms with E-state index in [0.29, 0.717) is 12.2 Å². The van der Waals surface area contributed by atoms with Crippen molar-refractivity contribution in [3.05, 3.63) is 23.2 Å². The minimum absolute atomic E-state index is 0.0674. The number of hydrogen-bond acceptors (Lipinski definition) is 6. The standard InChI is InChI=1S/C11H15N5OS2/c1-3-18-11-15-8(5-19-11)4-9(17)14-7(2)10-12-6-13-16-10/h5-7H,3-4H2,1-2H3,(H,14,17)(H,12,13,16). The highest BCUT2D eigenvalue weighted by Crippen LogP contribution is 2.22. The van der Waals surface area contributed by atoms with Crippen LogP contribution in [0.5, 0.6) is 0 Å². The van der Waals surface area contributed by atoms with Crippen LogP contribution in [0.2, 0.25) is 0 Å². The highest BCUT2D eigenvalue weighted by atomic mass is 32.2. The zero-order valence-corrected chi connectivity index (χ0v) is 12.3. The molecule has 2 aromatic rings. The number of H-pyrrole nitrogens is 1. The molecule has 1 atom stereocenters. The number of thiazole rings is 1. The smallest absolute Gasteiger partial charge is 0.226 e. The first kappa shape index (κ1) is 14.0. The predicted molar refractivity (Wildman–Crippen MR) is 75.2 cm³/mol. The molecule has 0 aliphatic heterocycles. The molecule has 8 heteroatoms. The van der Waals surface area contributed by atoms with Crippen molar-refractivity contribution in [3.63, 3.8) is 0 Å². The van der Waals surface area contributed by atoms with Gasteiger partial charge < -0.3 is 5.32 Å². The summed E-state index contributed by atoms with van der Waals surface area (Å²) in [7, 11) is 0. The fourth-order valence-corrected chi connectivity index (χ4v) is 3.25. The fourth-order valence-electron chi connectivity index (χ4n) is 1.51. The van der Waals surface area contributed by atoms with Gasteiger partial charge in [-0.2, -0.15) is 5.10 Å². The second-order valence-corrected chi connectivity index (χ2v) is 6.24. The van der Waals surface area contributed by atoms with Gasteiger partial charge in [-0.25, -0.2) is 9.97 Å². The average molecular weight is 297 g/mol. The number of hydrogen-bond donors (Lipinski definition) is 2. The molecular formula is C11H15N5OS2. The molecule has 0 aliphatic carbocycles. The summed E-state index contributed by atoms with van der Waals surface area (Å²) in [4.78, 5) is 20.3. The quantitative estimate of drug-likeness (QED) is 0.794. The van der Waals surface area contributed by atoms with Crippen molar-refractivity contribution in [2.45, 2.75) is 30.6 Å². The third-order valence-electron chi connectivity index (χ3n) is 2.36. The number of nitrogens with zero attached hydrogens (tertiary/aromatic N) is 3. The SMILES string of the molecule is CCSc1nc(CC(=O)NC(C)c2ncn[nH]2)cs1. The van der Waals surface area contributed by atoms with E-state index in [2.05, 4.69) is 32.4 Å². The van der Waals surface area contributed by atoms with E-state index in [1.165, 1.54) is 6.33 Å². The van der Waals surface area contributed by atoms with E-state index in [9.17, 15) is 4.79 Å². The number of carbonyl (C=O) groups excluding carboxylic acids is 1. The van der Waals surface area contributed by atoms with Gasteiger partial charge in [0.15, 0.2) is 0 Å².